The van der Waals surface area contributed by atoms with Crippen molar-refractivity contribution in [3.8, 4) is 11.8 Å². The van der Waals surface area contributed by atoms with Crippen LogP contribution in [0, 0.1) is 11.8 Å². The molecule has 0 aromatic heterocycles. The summed E-state index contributed by atoms with van der Waals surface area (Å²) in [5, 5.41) is 2.61. The molecule has 30 heavy (non-hydrogen) atoms. The number of benzene rings is 1. The second-order valence-corrected chi connectivity index (χ2v) is 9.16. The van der Waals surface area contributed by atoms with Crippen LogP contribution < -0.4 is 10.2 Å². The Hall–Kier alpha value is -2.88. The standard InChI is InChI=1S/C23H33N3O4/c1-22(2,3)29-20(27)24-13-7-8-18-9-11-19(12-10-18)25-14-16-26(17-15-25)21(28)30-23(4,5)6/h9-12H,13-17H2,1-6H3,(H,24,27). The van der Waals surface area contributed by atoms with Gasteiger partial charge in [-0.25, -0.2) is 9.59 Å². The SMILES string of the molecule is CC(C)(C)OC(=O)NCC#Cc1ccc(N2CCN(C(=O)OC(C)(C)C)CC2)cc1. The van der Waals surface area contributed by atoms with E-state index in [0.29, 0.717) is 13.1 Å². The highest BCUT2D eigenvalue weighted by Gasteiger charge is 2.25. The van der Waals surface area contributed by atoms with Crippen molar-refractivity contribution in [3.63, 3.8) is 0 Å². The molecule has 2 rings (SSSR count). The van der Waals surface area contributed by atoms with E-state index in [-0.39, 0.29) is 12.6 Å². The van der Waals surface area contributed by atoms with Crippen LogP contribution in [0.2, 0.25) is 0 Å². The largest absolute Gasteiger partial charge is 0.444 e. The Morgan fingerprint density at radius 1 is 0.933 bits per heavy atom. The first-order chi connectivity index (χ1) is 13.9. The van der Waals surface area contributed by atoms with Gasteiger partial charge in [0.15, 0.2) is 0 Å². The first kappa shape index (κ1) is 23.4. The Balaban J connectivity index is 1.80. The second-order valence-electron chi connectivity index (χ2n) is 9.16. The molecule has 1 aliphatic heterocycles. The van der Waals surface area contributed by atoms with Crippen molar-refractivity contribution in [2.75, 3.05) is 37.6 Å². The molecule has 0 radical (unpaired) electrons. The molecule has 7 nitrogen and oxygen atoms in total. The maximum atomic E-state index is 12.2. The summed E-state index contributed by atoms with van der Waals surface area (Å²) in [6.07, 6.45) is -0.731. The number of ether oxygens (including phenoxy) is 2. The molecule has 0 spiro atoms. The van der Waals surface area contributed by atoms with Crippen LogP contribution in [-0.4, -0.2) is 61.0 Å². The van der Waals surface area contributed by atoms with E-state index in [9.17, 15) is 9.59 Å². The van der Waals surface area contributed by atoms with Gasteiger partial charge in [-0.3, -0.25) is 0 Å². The average Bonchev–Trinajstić information content (AvgIpc) is 2.63. The number of rotatable bonds is 2. The zero-order valence-electron chi connectivity index (χ0n) is 18.9. The van der Waals surface area contributed by atoms with E-state index >= 15 is 0 Å². The van der Waals surface area contributed by atoms with E-state index in [4.69, 9.17) is 9.47 Å². The first-order valence-corrected chi connectivity index (χ1v) is 10.2. The van der Waals surface area contributed by atoms with Crippen molar-refractivity contribution < 1.29 is 19.1 Å². The summed E-state index contributed by atoms with van der Waals surface area (Å²) in [6, 6.07) is 7.95. The molecule has 0 aliphatic carbocycles. The molecule has 1 aromatic carbocycles. The van der Waals surface area contributed by atoms with Gasteiger partial charge >= 0.3 is 12.2 Å². The molecule has 1 fully saturated rings. The number of carbonyl (C=O) groups excluding carboxylic acids is 2. The lowest BCUT2D eigenvalue weighted by Crippen LogP contribution is -2.50. The molecule has 0 atom stereocenters. The van der Waals surface area contributed by atoms with Gasteiger partial charge in [-0.2, -0.15) is 0 Å². The van der Waals surface area contributed by atoms with Gasteiger partial charge in [-0.05, 0) is 65.8 Å². The molecule has 0 unspecified atom stereocenters. The van der Waals surface area contributed by atoms with Gasteiger partial charge in [0, 0.05) is 37.4 Å². The third kappa shape index (κ3) is 8.24. The maximum Gasteiger partial charge on any atom is 0.410 e. The molecule has 1 aliphatic rings. The van der Waals surface area contributed by atoms with E-state index in [1.807, 2.05) is 65.8 Å². The Labute approximate surface area is 179 Å². The molecule has 0 bridgehead atoms. The third-order valence-corrected chi connectivity index (χ3v) is 4.12. The number of nitrogens with zero attached hydrogens (tertiary/aromatic N) is 2. The molecule has 7 heteroatoms. The van der Waals surface area contributed by atoms with Gasteiger partial charge in [-0.15, -0.1) is 0 Å². The summed E-state index contributed by atoms with van der Waals surface area (Å²) in [5.74, 6) is 5.95. The number of anilines is 1. The van der Waals surface area contributed by atoms with Crippen LogP contribution in [0.15, 0.2) is 24.3 Å². The highest BCUT2D eigenvalue weighted by atomic mass is 16.6. The quantitative estimate of drug-likeness (QED) is 0.747. The predicted octanol–water partition coefficient (Wildman–Crippen LogP) is 3.62. The minimum absolute atomic E-state index is 0.225. The maximum absolute atomic E-state index is 12.2. The lowest BCUT2D eigenvalue weighted by molar-refractivity contribution is 0.0240. The summed E-state index contributed by atoms with van der Waals surface area (Å²) in [7, 11) is 0. The highest BCUT2D eigenvalue weighted by molar-refractivity contribution is 5.69. The van der Waals surface area contributed by atoms with Crippen molar-refractivity contribution in [3.05, 3.63) is 29.8 Å². The summed E-state index contributed by atoms with van der Waals surface area (Å²) >= 11 is 0. The van der Waals surface area contributed by atoms with E-state index in [2.05, 4.69) is 22.1 Å². The fourth-order valence-electron chi connectivity index (χ4n) is 2.81. The Morgan fingerprint density at radius 2 is 1.50 bits per heavy atom. The summed E-state index contributed by atoms with van der Waals surface area (Å²) in [4.78, 5) is 27.7. The third-order valence-electron chi connectivity index (χ3n) is 4.12. The van der Waals surface area contributed by atoms with Crippen LogP contribution >= 0.6 is 0 Å². The second kappa shape index (κ2) is 9.75. The van der Waals surface area contributed by atoms with Crippen LogP contribution in [0.25, 0.3) is 0 Å². The summed E-state index contributed by atoms with van der Waals surface area (Å²) in [6.45, 7) is 14.1. The number of hydrogen-bond donors (Lipinski definition) is 1. The Kier molecular flexibility index (Phi) is 7.60. The zero-order chi connectivity index (χ0) is 22.4. The van der Waals surface area contributed by atoms with Crippen LogP contribution in [0.3, 0.4) is 0 Å². The Bertz CT molecular complexity index is 787. The number of alkyl carbamates (subject to hydrolysis) is 1. The molecule has 2 amide bonds. The number of nitrogens with one attached hydrogen (secondary N) is 1. The van der Waals surface area contributed by atoms with Gasteiger partial charge in [0.1, 0.15) is 11.2 Å². The van der Waals surface area contributed by atoms with Crippen molar-refractivity contribution in [1.29, 1.82) is 0 Å². The van der Waals surface area contributed by atoms with Crippen molar-refractivity contribution in [1.82, 2.24) is 10.2 Å². The molecular formula is C23H33N3O4. The molecule has 1 N–H and O–H groups in total. The molecule has 1 saturated heterocycles. The van der Waals surface area contributed by atoms with Crippen molar-refractivity contribution in [2.24, 2.45) is 0 Å². The number of carbonyl (C=O) groups is 2. The van der Waals surface area contributed by atoms with Crippen LogP contribution in [0.1, 0.15) is 47.1 Å². The fourth-order valence-corrected chi connectivity index (χ4v) is 2.81. The van der Waals surface area contributed by atoms with Gasteiger partial charge in [0.05, 0.1) is 6.54 Å². The van der Waals surface area contributed by atoms with E-state index in [1.165, 1.54) is 0 Å². The van der Waals surface area contributed by atoms with Crippen molar-refractivity contribution >= 4 is 17.9 Å². The van der Waals surface area contributed by atoms with Gasteiger partial charge < -0.3 is 24.6 Å². The van der Waals surface area contributed by atoms with E-state index < -0.39 is 17.3 Å². The predicted molar refractivity (Wildman–Crippen MR) is 118 cm³/mol. The monoisotopic (exact) mass is 415 g/mol. The molecule has 0 saturated carbocycles. The normalized spacial score (nSPS) is 14.5. The molecule has 164 valence electrons. The number of amides is 2. The summed E-state index contributed by atoms with van der Waals surface area (Å²) in [5.41, 5.74) is 0.965. The van der Waals surface area contributed by atoms with Crippen LogP contribution in [0.4, 0.5) is 15.3 Å². The average molecular weight is 416 g/mol. The topological polar surface area (TPSA) is 71.1 Å². The minimum atomic E-state index is -0.522. The van der Waals surface area contributed by atoms with Crippen LogP contribution in [0.5, 0.6) is 0 Å². The van der Waals surface area contributed by atoms with Crippen LogP contribution in [-0.2, 0) is 9.47 Å². The number of hydrogen-bond acceptors (Lipinski definition) is 5. The van der Waals surface area contributed by atoms with E-state index in [0.717, 1.165) is 24.3 Å². The lowest BCUT2D eigenvalue weighted by atomic mass is 10.2. The lowest BCUT2D eigenvalue weighted by Gasteiger charge is -2.36. The molecular weight excluding hydrogens is 382 g/mol. The van der Waals surface area contributed by atoms with Crippen molar-refractivity contribution in [2.45, 2.75) is 52.7 Å². The highest BCUT2D eigenvalue weighted by Crippen LogP contribution is 2.18. The van der Waals surface area contributed by atoms with E-state index in [1.54, 1.807) is 4.90 Å². The minimum Gasteiger partial charge on any atom is -0.444 e. The smallest absolute Gasteiger partial charge is 0.410 e. The van der Waals surface area contributed by atoms with Gasteiger partial charge in [-0.1, -0.05) is 11.8 Å². The number of piperazine rings is 1. The molecule has 1 aromatic rings. The molecule has 1 heterocycles. The first-order valence-electron chi connectivity index (χ1n) is 10.2. The Morgan fingerprint density at radius 3 is 2.03 bits per heavy atom. The zero-order valence-corrected chi connectivity index (χ0v) is 18.9. The summed E-state index contributed by atoms with van der Waals surface area (Å²) < 4.78 is 10.6. The van der Waals surface area contributed by atoms with Gasteiger partial charge in [0.2, 0.25) is 0 Å². The van der Waals surface area contributed by atoms with Gasteiger partial charge in [0.25, 0.3) is 0 Å². The fraction of sp³-hybridized carbons (Fsp3) is 0.565.